The Labute approximate surface area is 454 Å². The largest absolute Gasteiger partial charge is 0.472 e. The van der Waals surface area contributed by atoms with Crippen LogP contribution >= 0.6 is 7.82 Å². The number of carbonyl (C=O) groups excluding carboxylic acids is 2. The Morgan fingerprint density at radius 1 is 0.486 bits per heavy atom. The molecule has 1 amide bonds. The molecular formula is C64H108N2O7P+. The van der Waals surface area contributed by atoms with Crippen LogP contribution in [0.25, 0.3) is 0 Å². The SMILES string of the molecule is CC/C=C\C/C=C\C/C=C\C/C=C\C/C=C\CCCCCC(=O)OC(/C=C/CCCCCCCCCCCC)C(COP(=O)(O)OCC[N+](C)(C)C)NC(=O)CCC/C=C\C/C=C\C/C=C\C/C=C\C/C=C\CC. The highest BCUT2D eigenvalue weighted by Gasteiger charge is 2.30. The molecule has 74 heavy (non-hydrogen) atoms. The highest BCUT2D eigenvalue weighted by atomic mass is 31.2. The van der Waals surface area contributed by atoms with Gasteiger partial charge in [-0.1, -0.05) is 213 Å². The number of hydrogen-bond donors (Lipinski definition) is 2. The van der Waals surface area contributed by atoms with Crippen LogP contribution in [0.4, 0.5) is 0 Å². The number of quaternary nitrogens is 1. The molecule has 0 saturated heterocycles. The maximum absolute atomic E-state index is 13.5. The second-order valence-electron chi connectivity index (χ2n) is 20.0. The Hall–Kier alpha value is -3.85. The van der Waals surface area contributed by atoms with Gasteiger partial charge in [0.1, 0.15) is 19.3 Å². The van der Waals surface area contributed by atoms with Crippen LogP contribution < -0.4 is 5.32 Å². The number of nitrogens with zero attached hydrogens (tertiary/aromatic N) is 1. The molecule has 0 aliphatic heterocycles. The zero-order valence-corrected chi connectivity index (χ0v) is 48.7. The minimum absolute atomic E-state index is 0.0162. The maximum Gasteiger partial charge on any atom is 0.472 e. The van der Waals surface area contributed by atoms with E-state index >= 15 is 0 Å². The van der Waals surface area contributed by atoms with Gasteiger partial charge in [-0.2, -0.15) is 0 Å². The van der Waals surface area contributed by atoms with Crippen molar-refractivity contribution in [2.24, 2.45) is 0 Å². The molecule has 0 aliphatic rings. The molecule has 0 heterocycles. The average Bonchev–Trinajstić information content (AvgIpc) is 3.36. The molecule has 0 bridgehead atoms. The van der Waals surface area contributed by atoms with Gasteiger partial charge in [0.05, 0.1) is 33.8 Å². The first-order valence-electron chi connectivity index (χ1n) is 29.0. The number of unbranched alkanes of at least 4 members (excludes halogenated alkanes) is 14. The predicted molar refractivity (Wildman–Crippen MR) is 318 cm³/mol. The van der Waals surface area contributed by atoms with E-state index in [-0.39, 0.29) is 37.9 Å². The number of allylic oxidation sites excluding steroid dienone is 21. The van der Waals surface area contributed by atoms with Crippen LogP contribution in [0.15, 0.2) is 134 Å². The molecule has 0 radical (unpaired) electrons. The summed E-state index contributed by atoms with van der Waals surface area (Å²) in [7, 11) is 1.42. The van der Waals surface area contributed by atoms with Crippen LogP contribution in [0, 0.1) is 0 Å². The van der Waals surface area contributed by atoms with Crippen LogP contribution in [0.2, 0.25) is 0 Å². The van der Waals surface area contributed by atoms with Gasteiger partial charge in [0.15, 0.2) is 0 Å². The Kier molecular flexibility index (Phi) is 49.8. The third-order valence-electron chi connectivity index (χ3n) is 11.8. The monoisotopic (exact) mass is 1050 g/mol. The lowest BCUT2D eigenvalue weighted by Gasteiger charge is -2.27. The summed E-state index contributed by atoms with van der Waals surface area (Å²) in [5.41, 5.74) is 0. The predicted octanol–water partition coefficient (Wildman–Crippen LogP) is 17.7. The van der Waals surface area contributed by atoms with Gasteiger partial charge < -0.3 is 19.4 Å². The van der Waals surface area contributed by atoms with Crippen LogP contribution in [0.1, 0.15) is 207 Å². The van der Waals surface area contributed by atoms with Gasteiger partial charge >= 0.3 is 13.8 Å². The van der Waals surface area contributed by atoms with E-state index in [9.17, 15) is 19.0 Å². The first-order chi connectivity index (χ1) is 35.9. The second-order valence-corrected chi connectivity index (χ2v) is 21.5. The molecule has 10 heteroatoms. The smallest absolute Gasteiger partial charge is 0.456 e. The van der Waals surface area contributed by atoms with Crippen LogP contribution in [0.3, 0.4) is 0 Å². The Morgan fingerprint density at radius 3 is 1.32 bits per heavy atom. The standard InChI is InChI=1S/C64H107N2O7P/c1-7-10-13-16-19-22-25-28-30-32-33-35-37-39-42-45-48-51-54-57-64(68)73-62(55-52-49-46-43-40-27-24-21-18-15-12-9-3)61(60-72-74(69,70)71-59-58-66(4,5)6)65-63(67)56-53-50-47-44-41-38-36-34-31-29-26-23-20-17-14-11-8-2/h10-11,13-14,19-20,22-23,28-31,33,35-36,38-39,42,44,47,52,55,61-62H,7-9,12,15-18,21,24-27,32,34,37,40-41,43,45-46,48-51,53-54,56-60H2,1-6H3,(H-,65,67,69,70)/p+1/b13-10-,14-11-,22-19-,23-20-,30-28-,31-29-,35-33-,38-36-,42-39-,47-44-,55-52+. The molecule has 0 aromatic carbocycles. The lowest BCUT2D eigenvalue weighted by Crippen LogP contribution is -2.47. The summed E-state index contributed by atoms with van der Waals surface area (Å²) in [6.07, 6.45) is 74.6. The summed E-state index contributed by atoms with van der Waals surface area (Å²) in [6, 6.07) is -0.901. The van der Waals surface area contributed by atoms with Crippen molar-refractivity contribution in [1.29, 1.82) is 0 Å². The fraction of sp³-hybridized carbons (Fsp3) is 0.625. The first kappa shape index (κ1) is 70.1. The Balaban J connectivity index is 5.50. The van der Waals surface area contributed by atoms with Gasteiger partial charge in [0, 0.05) is 12.8 Å². The van der Waals surface area contributed by atoms with E-state index in [0.717, 1.165) is 109 Å². The normalized spacial score (nSPS) is 14.7. The number of esters is 1. The number of phosphoric acid groups is 1. The highest BCUT2D eigenvalue weighted by molar-refractivity contribution is 7.47. The molecule has 0 fully saturated rings. The molecule has 0 aromatic rings. The van der Waals surface area contributed by atoms with Crippen LogP contribution in [0.5, 0.6) is 0 Å². The van der Waals surface area contributed by atoms with E-state index in [1.54, 1.807) is 0 Å². The van der Waals surface area contributed by atoms with E-state index in [2.05, 4.69) is 148 Å². The molecule has 0 spiro atoms. The number of nitrogens with one attached hydrogen (secondary N) is 1. The Morgan fingerprint density at radius 2 is 0.878 bits per heavy atom. The van der Waals surface area contributed by atoms with Crippen molar-refractivity contribution in [3.05, 3.63) is 134 Å². The lowest BCUT2D eigenvalue weighted by molar-refractivity contribution is -0.870. The minimum atomic E-state index is -4.48. The fourth-order valence-electron chi connectivity index (χ4n) is 7.41. The zero-order valence-electron chi connectivity index (χ0n) is 47.8. The molecule has 0 rings (SSSR count). The molecule has 2 N–H and O–H groups in total. The highest BCUT2D eigenvalue weighted by Crippen LogP contribution is 2.43. The van der Waals surface area contributed by atoms with Gasteiger partial charge in [-0.15, -0.1) is 0 Å². The van der Waals surface area contributed by atoms with Crippen LogP contribution in [-0.4, -0.2) is 74.3 Å². The second kappa shape index (κ2) is 52.6. The van der Waals surface area contributed by atoms with Gasteiger partial charge in [0.2, 0.25) is 5.91 Å². The van der Waals surface area contributed by atoms with Gasteiger partial charge in [-0.05, 0) is 115 Å². The van der Waals surface area contributed by atoms with E-state index in [1.165, 1.54) is 51.4 Å². The van der Waals surface area contributed by atoms with E-state index < -0.39 is 20.0 Å². The van der Waals surface area contributed by atoms with E-state index in [4.69, 9.17) is 13.8 Å². The number of carbonyl (C=O) groups is 2. The third-order valence-corrected chi connectivity index (χ3v) is 12.8. The molecule has 0 aromatic heterocycles. The molecule has 420 valence electrons. The number of hydrogen-bond acceptors (Lipinski definition) is 6. The first-order valence-corrected chi connectivity index (χ1v) is 30.5. The van der Waals surface area contributed by atoms with Crippen molar-refractivity contribution in [3.8, 4) is 0 Å². The fourth-order valence-corrected chi connectivity index (χ4v) is 8.15. The summed E-state index contributed by atoms with van der Waals surface area (Å²) in [5, 5.41) is 3.00. The number of phosphoric ester groups is 1. The number of amides is 1. The summed E-state index contributed by atoms with van der Waals surface area (Å²) >= 11 is 0. The lowest BCUT2D eigenvalue weighted by atomic mass is 10.1. The Bertz CT molecular complexity index is 1730. The number of ether oxygens (including phenoxy) is 1. The summed E-state index contributed by atoms with van der Waals surface area (Å²) < 4.78 is 30.6. The topological polar surface area (TPSA) is 111 Å². The van der Waals surface area contributed by atoms with E-state index in [1.807, 2.05) is 33.3 Å². The minimum Gasteiger partial charge on any atom is -0.456 e. The van der Waals surface area contributed by atoms with Gasteiger partial charge in [0.25, 0.3) is 0 Å². The molecule has 9 nitrogen and oxygen atoms in total. The van der Waals surface area contributed by atoms with Gasteiger partial charge in [-0.25, -0.2) is 4.57 Å². The summed E-state index contributed by atoms with van der Waals surface area (Å²) in [4.78, 5) is 37.6. The average molecular weight is 1050 g/mol. The third kappa shape index (κ3) is 53.0. The summed E-state index contributed by atoms with van der Waals surface area (Å²) in [6.45, 7) is 6.68. The zero-order chi connectivity index (χ0) is 54.3. The molecule has 0 aliphatic carbocycles. The van der Waals surface area contributed by atoms with Crippen molar-refractivity contribution in [2.45, 2.75) is 219 Å². The van der Waals surface area contributed by atoms with Crippen LogP contribution in [-0.2, 0) is 27.9 Å². The molecule has 3 unspecified atom stereocenters. The quantitative estimate of drug-likeness (QED) is 0.0205. The summed E-state index contributed by atoms with van der Waals surface area (Å²) in [5.74, 6) is -0.624. The number of likely N-dealkylation sites (N-methyl/N-ethyl adjacent to an activating group) is 1. The maximum atomic E-state index is 13.5. The van der Waals surface area contributed by atoms with Crippen molar-refractivity contribution >= 4 is 19.7 Å². The van der Waals surface area contributed by atoms with Crippen molar-refractivity contribution in [1.82, 2.24) is 5.32 Å². The number of rotatable bonds is 50. The molecule has 0 saturated carbocycles. The van der Waals surface area contributed by atoms with Crippen molar-refractivity contribution in [3.63, 3.8) is 0 Å². The molecule has 3 atom stereocenters. The van der Waals surface area contributed by atoms with Gasteiger partial charge in [-0.3, -0.25) is 18.6 Å². The van der Waals surface area contributed by atoms with Crippen molar-refractivity contribution < 1.29 is 37.3 Å². The van der Waals surface area contributed by atoms with E-state index in [0.29, 0.717) is 23.9 Å². The molecular weight excluding hydrogens is 940 g/mol. The van der Waals surface area contributed by atoms with Crippen molar-refractivity contribution in [2.75, 3.05) is 40.9 Å².